The summed E-state index contributed by atoms with van der Waals surface area (Å²) in [5, 5.41) is 0. The van der Waals surface area contributed by atoms with Crippen molar-refractivity contribution in [3.63, 3.8) is 0 Å². The van der Waals surface area contributed by atoms with E-state index in [1.54, 1.807) is 6.33 Å². The van der Waals surface area contributed by atoms with E-state index in [0.29, 0.717) is 11.5 Å². The second kappa shape index (κ2) is 3.09. The zero-order chi connectivity index (χ0) is 10.1. The third-order valence-corrected chi connectivity index (χ3v) is 2.06. The van der Waals surface area contributed by atoms with Gasteiger partial charge in [-0.25, -0.2) is 15.0 Å². The average Bonchev–Trinajstić information content (AvgIpc) is 2.87. The van der Waals surface area contributed by atoms with Crippen LogP contribution in [0.15, 0.2) is 37.2 Å². The lowest BCUT2D eigenvalue weighted by atomic mass is 10.5. The molecule has 74 valence electrons. The highest BCUT2D eigenvalue weighted by Gasteiger charge is 2.04. The maximum Gasteiger partial charge on any atom is 0.182 e. The molecule has 0 aliphatic rings. The molecule has 6 heteroatoms. The number of nitrogens with one attached hydrogen (secondary N) is 2. The molecule has 0 aromatic carbocycles. The van der Waals surface area contributed by atoms with Gasteiger partial charge in [0.05, 0.1) is 6.33 Å². The van der Waals surface area contributed by atoms with Gasteiger partial charge in [0.2, 0.25) is 0 Å². The van der Waals surface area contributed by atoms with Crippen molar-refractivity contribution < 1.29 is 0 Å². The smallest absolute Gasteiger partial charge is 0.182 e. The lowest BCUT2D eigenvalue weighted by Gasteiger charge is -2.05. The number of hydrogen-bond donors (Lipinski definition) is 2. The third kappa shape index (κ3) is 1.32. The predicted octanol–water partition coefficient (Wildman–Crippen LogP) is 1.03. The van der Waals surface area contributed by atoms with Gasteiger partial charge in [0, 0.05) is 12.4 Å². The van der Waals surface area contributed by atoms with Crippen LogP contribution in [0.25, 0.3) is 11.2 Å². The molecular formula is C9H8N6. The van der Waals surface area contributed by atoms with E-state index in [0.717, 1.165) is 5.52 Å². The summed E-state index contributed by atoms with van der Waals surface area (Å²) in [5.41, 5.74) is 4.56. The van der Waals surface area contributed by atoms with Crippen LogP contribution < -0.4 is 5.43 Å². The second-order valence-corrected chi connectivity index (χ2v) is 3.03. The van der Waals surface area contributed by atoms with Crippen LogP contribution in [-0.4, -0.2) is 24.6 Å². The summed E-state index contributed by atoms with van der Waals surface area (Å²) in [7, 11) is 0. The number of H-pyrrole nitrogens is 1. The topological polar surface area (TPSA) is 71.4 Å². The monoisotopic (exact) mass is 200 g/mol. The molecule has 0 atom stereocenters. The minimum absolute atomic E-state index is 0.652. The van der Waals surface area contributed by atoms with E-state index in [9.17, 15) is 0 Å². The summed E-state index contributed by atoms with van der Waals surface area (Å²) in [4.78, 5) is 15.2. The highest BCUT2D eigenvalue weighted by atomic mass is 15.4. The van der Waals surface area contributed by atoms with Crippen molar-refractivity contribution in [1.82, 2.24) is 24.6 Å². The van der Waals surface area contributed by atoms with Crippen molar-refractivity contribution in [2.45, 2.75) is 0 Å². The Balaban J connectivity index is 2.07. The van der Waals surface area contributed by atoms with Crippen molar-refractivity contribution in [2.24, 2.45) is 0 Å². The standard InChI is InChI=1S/C9H8N6/c1-2-4-15(3-1)14-9-7-8(11-5-10-7)12-6-13-9/h1-6H,(H2,10,11,12,13,14). The Hall–Kier alpha value is -2.37. The van der Waals surface area contributed by atoms with Crippen molar-refractivity contribution >= 4 is 17.0 Å². The fourth-order valence-electron chi connectivity index (χ4n) is 1.38. The molecule has 0 bridgehead atoms. The summed E-state index contributed by atoms with van der Waals surface area (Å²) in [6.45, 7) is 0. The molecule has 0 radical (unpaired) electrons. The van der Waals surface area contributed by atoms with Crippen LogP contribution in [0.3, 0.4) is 0 Å². The van der Waals surface area contributed by atoms with Crippen LogP contribution in [0.2, 0.25) is 0 Å². The number of imidazole rings is 1. The van der Waals surface area contributed by atoms with E-state index in [1.807, 2.05) is 29.2 Å². The van der Waals surface area contributed by atoms with Crippen molar-refractivity contribution in [3.05, 3.63) is 37.2 Å². The number of fused-ring (bicyclic) bond motifs is 1. The lowest BCUT2D eigenvalue weighted by Crippen LogP contribution is -2.07. The zero-order valence-electron chi connectivity index (χ0n) is 7.75. The van der Waals surface area contributed by atoms with Gasteiger partial charge in [0.15, 0.2) is 11.5 Å². The minimum Gasteiger partial charge on any atom is -0.340 e. The highest BCUT2D eigenvalue weighted by Crippen LogP contribution is 2.14. The van der Waals surface area contributed by atoms with Gasteiger partial charge in [-0.05, 0) is 12.1 Å². The molecule has 0 fully saturated rings. The van der Waals surface area contributed by atoms with Crippen LogP contribution in [0.5, 0.6) is 0 Å². The van der Waals surface area contributed by atoms with Gasteiger partial charge in [-0.2, -0.15) is 0 Å². The molecule has 0 aliphatic carbocycles. The molecule has 2 N–H and O–H groups in total. The first-order valence-electron chi connectivity index (χ1n) is 4.47. The second-order valence-electron chi connectivity index (χ2n) is 3.03. The Morgan fingerprint density at radius 3 is 2.87 bits per heavy atom. The number of anilines is 1. The largest absolute Gasteiger partial charge is 0.340 e. The van der Waals surface area contributed by atoms with Crippen LogP contribution in [0.4, 0.5) is 5.82 Å². The van der Waals surface area contributed by atoms with Crippen molar-refractivity contribution in [2.75, 3.05) is 5.43 Å². The first-order valence-corrected chi connectivity index (χ1v) is 4.47. The van der Waals surface area contributed by atoms with Gasteiger partial charge in [0.1, 0.15) is 11.8 Å². The average molecular weight is 200 g/mol. The molecule has 15 heavy (non-hydrogen) atoms. The highest BCUT2D eigenvalue weighted by molar-refractivity contribution is 5.81. The molecule has 3 heterocycles. The van der Waals surface area contributed by atoms with E-state index in [2.05, 4.69) is 25.4 Å². The third-order valence-electron chi connectivity index (χ3n) is 2.06. The van der Waals surface area contributed by atoms with E-state index in [-0.39, 0.29) is 0 Å². The fourth-order valence-corrected chi connectivity index (χ4v) is 1.38. The van der Waals surface area contributed by atoms with E-state index in [1.165, 1.54) is 6.33 Å². The summed E-state index contributed by atoms with van der Waals surface area (Å²) in [6, 6.07) is 3.86. The zero-order valence-corrected chi connectivity index (χ0v) is 7.75. The van der Waals surface area contributed by atoms with Gasteiger partial charge in [-0.1, -0.05) is 0 Å². The number of rotatable bonds is 2. The lowest BCUT2D eigenvalue weighted by molar-refractivity contribution is 0.952. The molecule has 0 spiro atoms. The summed E-state index contributed by atoms with van der Waals surface area (Å²) in [5.74, 6) is 0.703. The van der Waals surface area contributed by atoms with Crippen LogP contribution in [-0.2, 0) is 0 Å². The minimum atomic E-state index is 0.652. The molecule has 3 aromatic heterocycles. The first-order chi connectivity index (χ1) is 7.43. The first kappa shape index (κ1) is 7.98. The quantitative estimate of drug-likeness (QED) is 0.648. The van der Waals surface area contributed by atoms with E-state index >= 15 is 0 Å². The summed E-state index contributed by atoms with van der Waals surface area (Å²) >= 11 is 0. The Morgan fingerprint density at radius 2 is 2.00 bits per heavy atom. The maximum atomic E-state index is 4.14. The van der Waals surface area contributed by atoms with Gasteiger partial charge in [-0.15, -0.1) is 0 Å². The van der Waals surface area contributed by atoms with E-state index < -0.39 is 0 Å². The number of aromatic nitrogens is 5. The van der Waals surface area contributed by atoms with Crippen LogP contribution >= 0.6 is 0 Å². The number of nitrogens with zero attached hydrogens (tertiary/aromatic N) is 4. The SMILES string of the molecule is c1ccn(Nc2ncnc3nc[nH]c23)c1. The molecule has 0 saturated carbocycles. The molecule has 0 unspecified atom stereocenters. The Labute approximate surface area is 85.0 Å². The predicted molar refractivity (Wildman–Crippen MR) is 55.1 cm³/mol. The Morgan fingerprint density at radius 1 is 1.13 bits per heavy atom. The molecule has 6 nitrogen and oxygen atoms in total. The number of hydrogen-bond acceptors (Lipinski definition) is 4. The normalized spacial score (nSPS) is 10.7. The van der Waals surface area contributed by atoms with E-state index in [4.69, 9.17) is 0 Å². The van der Waals surface area contributed by atoms with Crippen LogP contribution in [0, 0.1) is 0 Å². The molecule has 3 rings (SSSR count). The van der Waals surface area contributed by atoms with Gasteiger partial charge in [-0.3, -0.25) is 10.1 Å². The Kier molecular flexibility index (Phi) is 1.64. The van der Waals surface area contributed by atoms with Crippen LogP contribution in [0.1, 0.15) is 0 Å². The molecule has 0 saturated heterocycles. The molecule has 0 aliphatic heterocycles. The maximum absolute atomic E-state index is 4.14. The van der Waals surface area contributed by atoms with Gasteiger partial charge in [0.25, 0.3) is 0 Å². The fraction of sp³-hybridized carbons (Fsp3) is 0. The van der Waals surface area contributed by atoms with Crippen molar-refractivity contribution in [1.29, 1.82) is 0 Å². The van der Waals surface area contributed by atoms with Crippen molar-refractivity contribution in [3.8, 4) is 0 Å². The summed E-state index contributed by atoms with van der Waals surface area (Å²) in [6.07, 6.45) is 6.86. The Bertz CT molecular complexity index is 567. The molecule has 3 aromatic rings. The molecular weight excluding hydrogens is 192 g/mol. The molecule has 0 amide bonds. The van der Waals surface area contributed by atoms with Gasteiger partial charge < -0.3 is 4.98 Å². The number of aromatic amines is 1. The van der Waals surface area contributed by atoms with Gasteiger partial charge >= 0.3 is 0 Å². The summed E-state index contributed by atoms with van der Waals surface area (Å²) < 4.78 is 1.81.